The number of carbonyl (C=O) groups excluding carboxylic acids is 2. The van der Waals surface area contributed by atoms with Gasteiger partial charge in [0.05, 0.1) is 0 Å². The summed E-state index contributed by atoms with van der Waals surface area (Å²) in [6, 6.07) is 25.1. The van der Waals surface area contributed by atoms with Gasteiger partial charge in [-0.2, -0.15) is 0 Å². The van der Waals surface area contributed by atoms with Crippen LogP contribution in [-0.2, 0) is 20.9 Å². The van der Waals surface area contributed by atoms with Crippen LogP contribution >= 0.6 is 0 Å². The van der Waals surface area contributed by atoms with E-state index in [0.717, 1.165) is 40.7 Å². The quantitative estimate of drug-likeness (QED) is 0.401. The first-order chi connectivity index (χ1) is 19.9. The molecule has 3 aliphatic rings. The fourth-order valence-electron chi connectivity index (χ4n) is 6.40. The number of nitrogens with one attached hydrogen (secondary N) is 1. The minimum Gasteiger partial charge on any atom is -0.480 e. The van der Waals surface area contributed by atoms with Crippen molar-refractivity contribution in [2.24, 2.45) is 0 Å². The van der Waals surface area contributed by atoms with E-state index in [1.807, 2.05) is 54.6 Å². The fourth-order valence-corrected chi connectivity index (χ4v) is 6.40. The number of nitrogens with zero attached hydrogens (tertiary/aromatic N) is 2. The molecule has 8 heteroatoms. The van der Waals surface area contributed by atoms with E-state index >= 15 is 0 Å². The first kappa shape index (κ1) is 27.0. The largest absolute Gasteiger partial charge is 0.480 e. The van der Waals surface area contributed by atoms with E-state index in [1.165, 1.54) is 11.8 Å². The molecular weight excluding hydrogens is 518 g/mol. The molecule has 2 unspecified atom stereocenters. The summed E-state index contributed by atoms with van der Waals surface area (Å²) in [5, 5.41) is 12.7. The van der Waals surface area contributed by atoms with Gasteiger partial charge in [0.25, 0.3) is 5.91 Å². The van der Waals surface area contributed by atoms with Gasteiger partial charge in [-0.3, -0.25) is 9.69 Å². The van der Waals surface area contributed by atoms with Gasteiger partial charge < -0.3 is 20.1 Å². The highest BCUT2D eigenvalue weighted by molar-refractivity contribution is 5.94. The second kappa shape index (κ2) is 11.0. The number of carboxylic acid groups (broad SMARTS) is 1. The Morgan fingerprint density at radius 2 is 1.59 bits per heavy atom. The van der Waals surface area contributed by atoms with Crippen molar-refractivity contribution < 1.29 is 24.2 Å². The standard InChI is InChI=1S/C33H35N3O5/c1-22(30(37)38)36(24-15-16-24)31(39)33(17-18-35(21-33)19-23-9-3-2-4-10-23)34-32(40)41-20-29-27-13-7-5-11-25(27)26-12-6-8-14-28(26)29/h2-14,22,24,29H,15-21H2,1H3,(H,34,40)(H,37,38). The van der Waals surface area contributed by atoms with Gasteiger partial charge in [-0.15, -0.1) is 0 Å². The molecule has 0 aromatic heterocycles. The van der Waals surface area contributed by atoms with Crippen LogP contribution in [-0.4, -0.2) is 70.2 Å². The fraction of sp³-hybridized carbons (Fsp3) is 0.364. The Kier molecular flexibility index (Phi) is 7.26. The highest BCUT2D eigenvalue weighted by Crippen LogP contribution is 2.44. The molecule has 3 aromatic carbocycles. The third-order valence-electron chi connectivity index (χ3n) is 8.64. The predicted octanol–water partition coefficient (Wildman–Crippen LogP) is 4.63. The van der Waals surface area contributed by atoms with E-state index in [-0.39, 0.29) is 31.0 Å². The molecule has 1 aliphatic heterocycles. The molecule has 8 nitrogen and oxygen atoms in total. The highest BCUT2D eigenvalue weighted by atomic mass is 16.5. The number of hydrogen-bond acceptors (Lipinski definition) is 5. The van der Waals surface area contributed by atoms with Crippen molar-refractivity contribution in [2.75, 3.05) is 19.7 Å². The lowest BCUT2D eigenvalue weighted by atomic mass is 9.95. The topological polar surface area (TPSA) is 99.2 Å². The van der Waals surface area contributed by atoms with Crippen LogP contribution < -0.4 is 5.32 Å². The maximum absolute atomic E-state index is 14.2. The Balaban J connectivity index is 1.22. The van der Waals surface area contributed by atoms with Gasteiger partial charge >= 0.3 is 12.1 Å². The normalized spacial score (nSPS) is 20.6. The van der Waals surface area contributed by atoms with Crippen LogP contribution in [0, 0.1) is 0 Å². The number of carbonyl (C=O) groups is 3. The summed E-state index contributed by atoms with van der Waals surface area (Å²) in [5.41, 5.74) is 4.33. The lowest BCUT2D eigenvalue weighted by molar-refractivity contribution is -0.153. The molecule has 6 rings (SSSR count). The van der Waals surface area contributed by atoms with E-state index in [0.29, 0.717) is 19.5 Å². The van der Waals surface area contributed by atoms with Crippen LogP contribution in [0.2, 0.25) is 0 Å². The molecule has 1 heterocycles. The lowest BCUT2D eigenvalue weighted by Crippen LogP contribution is -2.63. The molecule has 3 aromatic rings. The van der Waals surface area contributed by atoms with Gasteiger partial charge in [0.2, 0.25) is 0 Å². The molecular formula is C33H35N3O5. The molecule has 1 saturated heterocycles. The number of benzene rings is 3. The second-order valence-corrected chi connectivity index (χ2v) is 11.4. The number of aliphatic carboxylic acids is 1. The van der Waals surface area contributed by atoms with Crippen molar-refractivity contribution in [3.8, 4) is 11.1 Å². The second-order valence-electron chi connectivity index (χ2n) is 11.4. The van der Waals surface area contributed by atoms with Gasteiger partial charge in [0, 0.05) is 31.6 Å². The lowest BCUT2D eigenvalue weighted by Gasteiger charge is -2.37. The summed E-state index contributed by atoms with van der Waals surface area (Å²) in [4.78, 5) is 43.2. The monoisotopic (exact) mass is 553 g/mol. The first-order valence-corrected chi connectivity index (χ1v) is 14.3. The maximum atomic E-state index is 14.2. The van der Waals surface area contributed by atoms with Crippen LogP contribution in [0.15, 0.2) is 78.9 Å². The van der Waals surface area contributed by atoms with Crippen molar-refractivity contribution in [2.45, 2.75) is 56.3 Å². The average Bonchev–Trinajstić information content (AvgIpc) is 3.65. The minimum absolute atomic E-state index is 0.104. The minimum atomic E-state index is -1.27. The molecule has 2 aliphatic carbocycles. The average molecular weight is 554 g/mol. The van der Waals surface area contributed by atoms with Crippen molar-refractivity contribution in [1.29, 1.82) is 0 Å². The Bertz CT molecular complexity index is 1410. The molecule has 0 spiro atoms. The number of carboxylic acids is 1. The van der Waals surface area contributed by atoms with Crippen LogP contribution in [0.1, 0.15) is 48.8 Å². The van der Waals surface area contributed by atoms with E-state index in [1.54, 1.807) is 0 Å². The van der Waals surface area contributed by atoms with Crippen molar-refractivity contribution in [3.05, 3.63) is 95.6 Å². The smallest absolute Gasteiger partial charge is 0.408 e. The summed E-state index contributed by atoms with van der Waals surface area (Å²) in [7, 11) is 0. The van der Waals surface area contributed by atoms with Gasteiger partial charge in [0.15, 0.2) is 0 Å². The zero-order valence-corrected chi connectivity index (χ0v) is 23.2. The Morgan fingerprint density at radius 3 is 2.20 bits per heavy atom. The molecule has 0 bridgehead atoms. The summed E-state index contributed by atoms with van der Waals surface area (Å²) >= 11 is 0. The summed E-state index contributed by atoms with van der Waals surface area (Å²) in [6.45, 7) is 3.16. The third kappa shape index (κ3) is 5.32. The maximum Gasteiger partial charge on any atom is 0.408 e. The zero-order valence-electron chi connectivity index (χ0n) is 23.2. The van der Waals surface area contributed by atoms with Crippen LogP contribution in [0.4, 0.5) is 4.79 Å². The van der Waals surface area contributed by atoms with Gasteiger partial charge in [-0.25, -0.2) is 9.59 Å². The van der Waals surface area contributed by atoms with Crippen LogP contribution in [0.5, 0.6) is 0 Å². The van der Waals surface area contributed by atoms with Gasteiger partial charge in [-0.1, -0.05) is 78.9 Å². The van der Waals surface area contributed by atoms with Crippen LogP contribution in [0.3, 0.4) is 0 Å². The van der Waals surface area contributed by atoms with Gasteiger partial charge in [-0.05, 0) is 54.0 Å². The Labute approximate surface area is 239 Å². The number of hydrogen-bond donors (Lipinski definition) is 2. The van der Waals surface area contributed by atoms with Crippen molar-refractivity contribution >= 4 is 18.0 Å². The molecule has 41 heavy (non-hydrogen) atoms. The number of alkyl carbamates (subject to hydrolysis) is 1. The summed E-state index contributed by atoms with van der Waals surface area (Å²) in [6.07, 6.45) is 1.23. The molecule has 212 valence electrons. The molecule has 2 atom stereocenters. The zero-order chi connectivity index (χ0) is 28.6. The Hall–Kier alpha value is -4.17. The SMILES string of the molecule is CC(C(=O)O)N(C(=O)C1(NC(=O)OCC2c3ccccc3-c3ccccc32)CCN(Cc2ccccc2)C1)C1CC1. The number of ether oxygens (including phenoxy) is 1. The number of likely N-dealkylation sites (tertiary alicyclic amines) is 1. The van der Waals surface area contributed by atoms with Crippen molar-refractivity contribution in [3.63, 3.8) is 0 Å². The summed E-state index contributed by atoms with van der Waals surface area (Å²) < 4.78 is 5.84. The molecule has 0 radical (unpaired) electrons. The number of rotatable bonds is 9. The van der Waals surface area contributed by atoms with E-state index in [9.17, 15) is 19.5 Å². The van der Waals surface area contributed by atoms with E-state index < -0.39 is 23.6 Å². The molecule has 1 saturated carbocycles. The van der Waals surface area contributed by atoms with Crippen LogP contribution in [0.25, 0.3) is 11.1 Å². The van der Waals surface area contributed by atoms with E-state index in [2.05, 4.69) is 34.5 Å². The molecule has 2 N–H and O–H groups in total. The molecule has 2 fully saturated rings. The Morgan fingerprint density at radius 1 is 0.976 bits per heavy atom. The molecule has 2 amide bonds. The summed E-state index contributed by atoms with van der Waals surface area (Å²) in [5.74, 6) is -1.51. The number of fused-ring (bicyclic) bond motifs is 3. The highest BCUT2D eigenvalue weighted by Gasteiger charge is 2.52. The van der Waals surface area contributed by atoms with Crippen molar-refractivity contribution in [1.82, 2.24) is 15.1 Å². The predicted molar refractivity (Wildman–Crippen MR) is 154 cm³/mol. The number of amides is 2. The third-order valence-corrected chi connectivity index (χ3v) is 8.64. The van der Waals surface area contributed by atoms with Gasteiger partial charge in [0.1, 0.15) is 18.2 Å². The van der Waals surface area contributed by atoms with E-state index in [4.69, 9.17) is 4.74 Å². The first-order valence-electron chi connectivity index (χ1n) is 14.3.